The van der Waals surface area contributed by atoms with E-state index in [1.165, 1.54) is 0 Å². The second-order valence-electron chi connectivity index (χ2n) is 4.25. The highest BCUT2D eigenvalue weighted by atomic mass is 32.1. The fraction of sp³-hybridized carbons (Fsp3) is 0.154. The lowest BCUT2D eigenvalue weighted by Crippen LogP contribution is -2.14. The van der Waals surface area contributed by atoms with Crippen LogP contribution in [-0.2, 0) is 11.2 Å². The molecule has 0 aliphatic heterocycles. The Morgan fingerprint density at radius 3 is 3.16 bits per heavy atom. The van der Waals surface area contributed by atoms with Crippen LogP contribution in [0.15, 0.2) is 29.8 Å². The fourth-order valence-electron chi connectivity index (χ4n) is 1.87. The summed E-state index contributed by atoms with van der Waals surface area (Å²) in [4.78, 5) is 16.2. The van der Waals surface area contributed by atoms with Gasteiger partial charge in [0.05, 0.1) is 28.8 Å². The normalized spacial score (nSPS) is 10.8. The van der Waals surface area contributed by atoms with E-state index < -0.39 is 0 Å². The van der Waals surface area contributed by atoms with Crippen LogP contribution in [0.5, 0.6) is 0 Å². The van der Waals surface area contributed by atoms with Gasteiger partial charge in [0, 0.05) is 16.5 Å². The zero-order valence-electron chi connectivity index (χ0n) is 10.3. The molecule has 0 spiro atoms. The predicted molar refractivity (Wildman–Crippen MR) is 75.3 cm³/mol. The lowest BCUT2D eigenvalue weighted by molar-refractivity contribution is -0.115. The molecule has 0 radical (unpaired) electrons. The number of carbonyl (C=O) groups excluding carboxylic acids is 1. The molecule has 3 rings (SSSR count). The smallest absolute Gasteiger partial charge is 0.230 e. The molecular formula is C13H12N4OS. The standard InChI is InChI=1S/C13H12N4OS/c1-8-15-11(7-19-8)5-13(18)16-10-3-2-9-6-14-17-12(9)4-10/h2-4,6-7H,5H2,1H3,(H,14,17)(H,16,18). The van der Waals surface area contributed by atoms with Crippen molar-refractivity contribution in [1.29, 1.82) is 0 Å². The third-order valence-electron chi connectivity index (χ3n) is 2.73. The van der Waals surface area contributed by atoms with Gasteiger partial charge in [-0.05, 0) is 25.1 Å². The first-order chi connectivity index (χ1) is 9.20. The minimum absolute atomic E-state index is 0.0656. The lowest BCUT2D eigenvalue weighted by Gasteiger charge is -2.03. The van der Waals surface area contributed by atoms with E-state index in [-0.39, 0.29) is 5.91 Å². The van der Waals surface area contributed by atoms with Gasteiger partial charge < -0.3 is 5.32 Å². The summed E-state index contributed by atoms with van der Waals surface area (Å²) in [5, 5.41) is 13.6. The number of thiazole rings is 1. The minimum Gasteiger partial charge on any atom is -0.326 e. The minimum atomic E-state index is -0.0656. The lowest BCUT2D eigenvalue weighted by atomic mass is 10.2. The van der Waals surface area contributed by atoms with E-state index in [4.69, 9.17) is 0 Å². The highest BCUT2D eigenvalue weighted by Gasteiger charge is 2.07. The van der Waals surface area contributed by atoms with Crippen LogP contribution in [0.25, 0.3) is 10.9 Å². The maximum absolute atomic E-state index is 11.9. The summed E-state index contributed by atoms with van der Waals surface area (Å²) >= 11 is 1.55. The number of aromatic amines is 1. The van der Waals surface area contributed by atoms with Crippen LogP contribution in [0.3, 0.4) is 0 Å². The Labute approximate surface area is 113 Å². The van der Waals surface area contributed by atoms with E-state index in [0.29, 0.717) is 6.42 Å². The summed E-state index contributed by atoms with van der Waals surface area (Å²) in [5.74, 6) is -0.0656. The average Bonchev–Trinajstić information content (AvgIpc) is 2.97. The number of rotatable bonds is 3. The van der Waals surface area contributed by atoms with Crippen LogP contribution in [0.4, 0.5) is 5.69 Å². The zero-order chi connectivity index (χ0) is 13.2. The van der Waals surface area contributed by atoms with Gasteiger partial charge in [0.15, 0.2) is 0 Å². The predicted octanol–water partition coefficient (Wildman–Crippen LogP) is 2.51. The van der Waals surface area contributed by atoms with Gasteiger partial charge in [-0.3, -0.25) is 9.89 Å². The molecule has 0 bridgehead atoms. The third kappa shape index (κ3) is 2.63. The van der Waals surface area contributed by atoms with E-state index in [0.717, 1.165) is 27.3 Å². The zero-order valence-corrected chi connectivity index (χ0v) is 11.1. The molecule has 0 saturated carbocycles. The molecule has 3 aromatic rings. The number of hydrogen-bond acceptors (Lipinski definition) is 4. The van der Waals surface area contributed by atoms with E-state index >= 15 is 0 Å². The van der Waals surface area contributed by atoms with Gasteiger partial charge in [-0.15, -0.1) is 11.3 Å². The van der Waals surface area contributed by atoms with Gasteiger partial charge in [-0.1, -0.05) is 0 Å². The van der Waals surface area contributed by atoms with Crippen molar-refractivity contribution in [2.24, 2.45) is 0 Å². The largest absolute Gasteiger partial charge is 0.326 e. The number of carbonyl (C=O) groups is 1. The van der Waals surface area contributed by atoms with E-state index in [1.807, 2.05) is 30.5 Å². The summed E-state index contributed by atoms with van der Waals surface area (Å²) in [6.45, 7) is 1.93. The molecule has 2 heterocycles. The molecule has 0 unspecified atom stereocenters. The molecule has 0 aliphatic rings. The van der Waals surface area contributed by atoms with Crippen molar-refractivity contribution in [3.63, 3.8) is 0 Å². The third-order valence-corrected chi connectivity index (χ3v) is 3.56. The molecule has 19 heavy (non-hydrogen) atoms. The molecule has 1 aromatic carbocycles. The van der Waals surface area contributed by atoms with E-state index in [9.17, 15) is 4.79 Å². The van der Waals surface area contributed by atoms with Crippen molar-refractivity contribution in [1.82, 2.24) is 15.2 Å². The first kappa shape index (κ1) is 11.9. The molecule has 0 saturated heterocycles. The number of H-pyrrole nitrogens is 1. The maximum Gasteiger partial charge on any atom is 0.230 e. The number of hydrogen-bond donors (Lipinski definition) is 2. The van der Waals surface area contributed by atoms with Gasteiger partial charge in [0.25, 0.3) is 0 Å². The number of aryl methyl sites for hydroxylation is 1. The first-order valence-corrected chi connectivity index (χ1v) is 6.73. The summed E-state index contributed by atoms with van der Waals surface area (Å²) in [6.07, 6.45) is 2.05. The highest BCUT2D eigenvalue weighted by molar-refractivity contribution is 7.09. The molecule has 0 atom stereocenters. The Hall–Kier alpha value is -2.21. The number of aromatic nitrogens is 3. The van der Waals surface area contributed by atoms with Gasteiger partial charge in [0.2, 0.25) is 5.91 Å². The van der Waals surface area contributed by atoms with Crippen LogP contribution in [0.2, 0.25) is 0 Å². The van der Waals surface area contributed by atoms with Crippen molar-refractivity contribution in [3.8, 4) is 0 Å². The fourth-order valence-corrected chi connectivity index (χ4v) is 2.49. The molecular weight excluding hydrogens is 260 g/mol. The van der Waals surface area contributed by atoms with Crippen molar-refractivity contribution in [2.45, 2.75) is 13.3 Å². The van der Waals surface area contributed by atoms with E-state index in [1.54, 1.807) is 17.5 Å². The molecule has 2 aromatic heterocycles. The Morgan fingerprint density at radius 2 is 2.37 bits per heavy atom. The molecule has 5 nitrogen and oxygen atoms in total. The second-order valence-corrected chi connectivity index (χ2v) is 5.32. The number of nitrogens with one attached hydrogen (secondary N) is 2. The quantitative estimate of drug-likeness (QED) is 0.769. The van der Waals surface area contributed by atoms with Crippen LogP contribution in [-0.4, -0.2) is 21.1 Å². The molecule has 0 fully saturated rings. The van der Waals surface area contributed by atoms with Crippen LogP contribution in [0.1, 0.15) is 10.7 Å². The van der Waals surface area contributed by atoms with Crippen LogP contribution < -0.4 is 5.32 Å². The number of fused-ring (bicyclic) bond motifs is 1. The summed E-state index contributed by atoms with van der Waals surface area (Å²) in [5.41, 5.74) is 2.47. The van der Waals surface area contributed by atoms with Gasteiger partial charge in [-0.2, -0.15) is 5.10 Å². The van der Waals surface area contributed by atoms with Crippen molar-refractivity contribution in [2.75, 3.05) is 5.32 Å². The number of benzene rings is 1. The number of anilines is 1. The van der Waals surface area contributed by atoms with E-state index in [2.05, 4.69) is 20.5 Å². The maximum atomic E-state index is 11.9. The Kier molecular flexibility index (Phi) is 3.00. The topological polar surface area (TPSA) is 70.7 Å². The molecule has 0 aliphatic carbocycles. The Balaban J connectivity index is 1.71. The van der Waals surface area contributed by atoms with Crippen LogP contribution >= 0.6 is 11.3 Å². The Bertz CT molecular complexity index is 731. The Morgan fingerprint density at radius 1 is 1.47 bits per heavy atom. The highest BCUT2D eigenvalue weighted by Crippen LogP contribution is 2.17. The summed E-state index contributed by atoms with van der Waals surface area (Å²) < 4.78 is 0. The monoisotopic (exact) mass is 272 g/mol. The summed E-state index contributed by atoms with van der Waals surface area (Å²) in [7, 11) is 0. The van der Waals surface area contributed by atoms with Gasteiger partial charge >= 0.3 is 0 Å². The second kappa shape index (κ2) is 4.81. The van der Waals surface area contributed by atoms with Crippen molar-refractivity contribution >= 4 is 33.8 Å². The molecule has 96 valence electrons. The SMILES string of the molecule is Cc1nc(CC(=O)Nc2ccc3cn[nH]c3c2)cs1. The van der Waals surface area contributed by atoms with Crippen LogP contribution in [0, 0.1) is 6.92 Å². The summed E-state index contributed by atoms with van der Waals surface area (Å²) in [6, 6.07) is 5.65. The molecule has 6 heteroatoms. The molecule has 1 amide bonds. The number of nitrogens with zero attached hydrogens (tertiary/aromatic N) is 2. The average molecular weight is 272 g/mol. The first-order valence-electron chi connectivity index (χ1n) is 5.85. The number of amides is 1. The van der Waals surface area contributed by atoms with Gasteiger partial charge in [0.1, 0.15) is 0 Å². The van der Waals surface area contributed by atoms with Crippen molar-refractivity contribution in [3.05, 3.63) is 40.5 Å². The van der Waals surface area contributed by atoms with Gasteiger partial charge in [-0.25, -0.2) is 4.98 Å². The van der Waals surface area contributed by atoms with Crippen molar-refractivity contribution < 1.29 is 4.79 Å². The molecule has 2 N–H and O–H groups in total.